The Labute approximate surface area is 154 Å². The van der Waals surface area contributed by atoms with Gasteiger partial charge in [0.05, 0.1) is 0 Å². The third-order valence-electron chi connectivity index (χ3n) is 4.75. The second-order valence-electron chi connectivity index (χ2n) is 6.81. The van der Waals surface area contributed by atoms with Crippen molar-refractivity contribution in [2.75, 3.05) is 23.8 Å². The van der Waals surface area contributed by atoms with E-state index >= 15 is 0 Å². The number of anilines is 2. The molecule has 1 aliphatic heterocycles. The Kier molecular flexibility index (Phi) is 5.26. The number of carbonyl (C=O) groups is 2. The molecule has 1 N–H and O–H groups in total. The van der Waals surface area contributed by atoms with Gasteiger partial charge in [-0.2, -0.15) is 0 Å². The van der Waals surface area contributed by atoms with E-state index in [1.165, 1.54) is 0 Å². The molecular weight excluding hydrogens is 326 g/mol. The molecule has 0 saturated carbocycles. The molecule has 1 atom stereocenters. The first-order valence-corrected chi connectivity index (χ1v) is 8.92. The number of fused-ring (bicyclic) bond motifs is 1. The first-order chi connectivity index (χ1) is 12.5. The number of amides is 2. The van der Waals surface area contributed by atoms with E-state index in [2.05, 4.69) is 5.32 Å². The summed E-state index contributed by atoms with van der Waals surface area (Å²) in [5, 5.41) is 3.29. The van der Waals surface area contributed by atoms with Gasteiger partial charge in [0.2, 0.25) is 11.8 Å². The Balaban J connectivity index is 1.63. The van der Waals surface area contributed by atoms with Crippen LogP contribution in [-0.4, -0.2) is 36.3 Å². The van der Waals surface area contributed by atoms with E-state index in [1.54, 1.807) is 16.7 Å². The maximum atomic E-state index is 12.6. The molecule has 1 heterocycles. The lowest BCUT2D eigenvalue weighted by Crippen LogP contribution is -2.38. The van der Waals surface area contributed by atoms with E-state index in [-0.39, 0.29) is 17.9 Å². The van der Waals surface area contributed by atoms with Crippen molar-refractivity contribution in [1.82, 2.24) is 4.90 Å². The molecule has 0 aliphatic carbocycles. The molecule has 0 radical (unpaired) electrons. The molecule has 0 saturated heterocycles. The molecule has 2 aromatic carbocycles. The highest BCUT2D eigenvalue weighted by molar-refractivity contribution is 5.94. The van der Waals surface area contributed by atoms with Crippen LogP contribution in [0.4, 0.5) is 11.4 Å². The lowest BCUT2D eigenvalue weighted by Gasteiger charge is -2.23. The van der Waals surface area contributed by atoms with Gasteiger partial charge >= 0.3 is 0 Å². The fraction of sp³-hybridized carbons (Fsp3) is 0.333. The molecule has 0 aromatic heterocycles. The van der Waals surface area contributed by atoms with Crippen LogP contribution >= 0.6 is 0 Å². The molecule has 136 valence electrons. The zero-order valence-corrected chi connectivity index (χ0v) is 15.5. The summed E-state index contributed by atoms with van der Waals surface area (Å²) in [6, 6.07) is 15.6. The van der Waals surface area contributed by atoms with E-state index in [1.807, 2.05) is 62.5 Å². The summed E-state index contributed by atoms with van der Waals surface area (Å²) < 4.78 is 0. The van der Waals surface area contributed by atoms with Crippen LogP contribution in [0.3, 0.4) is 0 Å². The zero-order chi connectivity index (χ0) is 18.7. The highest BCUT2D eigenvalue weighted by atomic mass is 16.2. The van der Waals surface area contributed by atoms with Crippen molar-refractivity contribution in [3.8, 4) is 0 Å². The van der Waals surface area contributed by atoms with Gasteiger partial charge in [0.25, 0.3) is 0 Å². The third-order valence-corrected chi connectivity index (χ3v) is 4.75. The van der Waals surface area contributed by atoms with Crippen LogP contribution in [0.5, 0.6) is 0 Å². The predicted molar refractivity (Wildman–Crippen MR) is 104 cm³/mol. The Morgan fingerprint density at radius 1 is 1.19 bits per heavy atom. The van der Waals surface area contributed by atoms with Crippen LogP contribution in [-0.2, 0) is 22.6 Å². The van der Waals surface area contributed by atoms with Crippen molar-refractivity contribution in [2.24, 2.45) is 0 Å². The molecule has 0 bridgehead atoms. The fourth-order valence-corrected chi connectivity index (χ4v) is 3.40. The van der Waals surface area contributed by atoms with Crippen LogP contribution in [0.2, 0.25) is 0 Å². The van der Waals surface area contributed by atoms with Gasteiger partial charge in [-0.1, -0.05) is 30.3 Å². The van der Waals surface area contributed by atoms with Gasteiger partial charge in [-0.05, 0) is 42.7 Å². The number of carbonyl (C=O) groups excluding carboxylic acids is 2. The van der Waals surface area contributed by atoms with E-state index in [9.17, 15) is 9.59 Å². The molecule has 1 unspecified atom stereocenters. The Morgan fingerprint density at radius 2 is 1.92 bits per heavy atom. The first kappa shape index (κ1) is 18.0. The average Bonchev–Trinajstić information content (AvgIpc) is 3.05. The molecule has 5 nitrogen and oxygen atoms in total. The number of likely N-dealkylation sites (N-methyl/N-ethyl adjacent to an activating group) is 1. The van der Waals surface area contributed by atoms with Crippen molar-refractivity contribution in [3.63, 3.8) is 0 Å². The maximum absolute atomic E-state index is 12.6. The lowest BCUT2D eigenvalue weighted by molar-refractivity contribution is -0.130. The maximum Gasteiger partial charge on any atom is 0.244 e. The number of nitrogens with one attached hydrogen (secondary N) is 1. The summed E-state index contributed by atoms with van der Waals surface area (Å²) in [5.41, 5.74) is 4.13. The average molecular weight is 351 g/mol. The highest BCUT2D eigenvalue weighted by Gasteiger charge is 2.23. The summed E-state index contributed by atoms with van der Waals surface area (Å²) in [6.07, 6.45) is 0.848. The quantitative estimate of drug-likeness (QED) is 0.901. The van der Waals surface area contributed by atoms with Crippen LogP contribution in [0, 0.1) is 0 Å². The summed E-state index contributed by atoms with van der Waals surface area (Å²) in [4.78, 5) is 27.8. The van der Waals surface area contributed by atoms with Crippen LogP contribution in [0.15, 0.2) is 48.5 Å². The fourth-order valence-electron chi connectivity index (χ4n) is 3.40. The summed E-state index contributed by atoms with van der Waals surface area (Å²) in [6.45, 7) is 4.77. The SMILES string of the molecule is CC(=O)N1CCc2cc(NC(C)C(=O)N(C)Cc3ccccc3)ccc21. The van der Waals surface area contributed by atoms with E-state index in [4.69, 9.17) is 0 Å². The van der Waals surface area contributed by atoms with Gasteiger partial charge in [0.1, 0.15) is 6.04 Å². The van der Waals surface area contributed by atoms with Crippen LogP contribution in [0.1, 0.15) is 25.0 Å². The second-order valence-corrected chi connectivity index (χ2v) is 6.81. The van der Waals surface area contributed by atoms with Gasteiger partial charge < -0.3 is 15.1 Å². The van der Waals surface area contributed by atoms with Gasteiger partial charge in [-0.25, -0.2) is 0 Å². The minimum absolute atomic E-state index is 0.0414. The molecule has 0 fully saturated rings. The van der Waals surface area contributed by atoms with E-state index < -0.39 is 0 Å². The normalized spacial score (nSPS) is 13.9. The number of hydrogen-bond acceptors (Lipinski definition) is 3. The lowest BCUT2D eigenvalue weighted by atomic mass is 10.1. The first-order valence-electron chi connectivity index (χ1n) is 8.92. The predicted octanol–water partition coefficient (Wildman–Crippen LogP) is 3.05. The number of rotatable bonds is 5. The summed E-state index contributed by atoms with van der Waals surface area (Å²) >= 11 is 0. The topological polar surface area (TPSA) is 52.7 Å². The smallest absolute Gasteiger partial charge is 0.244 e. The minimum Gasteiger partial charge on any atom is -0.374 e. The Bertz CT molecular complexity index is 804. The number of nitrogens with zero attached hydrogens (tertiary/aromatic N) is 2. The molecule has 2 aromatic rings. The van der Waals surface area contributed by atoms with Crippen LogP contribution < -0.4 is 10.2 Å². The van der Waals surface area contributed by atoms with Crippen molar-refractivity contribution in [1.29, 1.82) is 0 Å². The molecule has 5 heteroatoms. The molecular formula is C21H25N3O2. The minimum atomic E-state index is -0.327. The molecule has 1 aliphatic rings. The Hall–Kier alpha value is -2.82. The monoisotopic (exact) mass is 351 g/mol. The van der Waals surface area contributed by atoms with Gasteiger partial charge in [0.15, 0.2) is 0 Å². The van der Waals surface area contributed by atoms with Crippen molar-refractivity contribution >= 4 is 23.2 Å². The number of benzene rings is 2. The number of hydrogen-bond donors (Lipinski definition) is 1. The third kappa shape index (κ3) is 3.87. The largest absolute Gasteiger partial charge is 0.374 e. The summed E-state index contributed by atoms with van der Waals surface area (Å²) in [5.74, 6) is 0.107. The molecule has 2 amide bonds. The second kappa shape index (κ2) is 7.60. The standard InChI is InChI=1S/C21H25N3O2/c1-15(21(26)23(3)14-17-7-5-4-6-8-17)22-19-9-10-20-18(13-19)11-12-24(20)16(2)25/h4-10,13,15,22H,11-12,14H2,1-3H3. The van der Waals surface area contributed by atoms with Crippen LogP contribution in [0.25, 0.3) is 0 Å². The van der Waals surface area contributed by atoms with Gasteiger partial charge in [-0.15, -0.1) is 0 Å². The molecule has 0 spiro atoms. The zero-order valence-electron chi connectivity index (χ0n) is 15.5. The molecule has 3 rings (SSSR count). The van der Waals surface area contributed by atoms with Crippen molar-refractivity contribution in [2.45, 2.75) is 32.9 Å². The van der Waals surface area contributed by atoms with Gasteiger partial charge in [0, 0.05) is 38.4 Å². The highest BCUT2D eigenvalue weighted by Crippen LogP contribution is 2.30. The molecule has 26 heavy (non-hydrogen) atoms. The van der Waals surface area contributed by atoms with Crippen molar-refractivity contribution in [3.05, 3.63) is 59.7 Å². The Morgan fingerprint density at radius 3 is 2.62 bits per heavy atom. The van der Waals surface area contributed by atoms with Gasteiger partial charge in [-0.3, -0.25) is 9.59 Å². The van der Waals surface area contributed by atoms with Crippen molar-refractivity contribution < 1.29 is 9.59 Å². The summed E-state index contributed by atoms with van der Waals surface area (Å²) in [7, 11) is 1.82. The van der Waals surface area contributed by atoms with E-state index in [0.29, 0.717) is 6.54 Å². The van der Waals surface area contributed by atoms with E-state index in [0.717, 1.165) is 35.5 Å².